The van der Waals surface area contributed by atoms with Crippen molar-refractivity contribution in [3.8, 4) is 0 Å². The number of nitrogens with one attached hydrogen (secondary N) is 1. The zero-order valence-electron chi connectivity index (χ0n) is 9.84. The van der Waals surface area contributed by atoms with Gasteiger partial charge < -0.3 is 5.32 Å². The van der Waals surface area contributed by atoms with Crippen LogP contribution in [0.3, 0.4) is 0 Å². The minimum absolute atomic E-state index is 0.158. The van der Waals surface area contributed by atoms with E-state index in [0.717, 1.165) is 18.4 Å². The molecule has 0 saturated carbocycles. The Labute approximate surface area is 104 Å². The van der Waals surface area contributed by atoms with E-state index in [1.165, 1.54) is 6.07 Å². The van der Waals surface area contributed by atoms with Gasteiger partial charge in [0.25, 0.3) is 11.6 Å². The van der Waals surface area contributed by atoms with Crippen molar-refractivity contribution in [2.24, 2.45) is 0 Å². The lowest BCUT2D eigenvalue weighted by Gasteiger charge is -2.05. The van der Waals surface area contributed by atoms with Crippen LogP contribution in [0.15, 0.2) is 23.1 Å². The molecule has 0 aromatic heterocycles. The Hall–Kier alpha value is -1.96. The molecule has 0 atom stereocenters. The standard InChI is InChI=1S/C10H12N2O5S/c1-3-11-10(13)8-5-4-7(18(2,16)17)6-9(8)12(14)15/h4-6H,3H2,1-2H3,(H,11,13). The van der Waals surface area contributed by atoms with Crippen molar-refractivity contribution in [1.29, 1.82) is 0 Å². The van der Waals surface area contributed by atoms with Crippen molar-refractivity contribution in [1.82, 2.24) is 5.32 Å². The maximum atomic E-state index is 11.6. The van der Waals surface area contributed by atoms with Gasteiger partial charge in [-0.05, 0) is 19.1 Å². The third-order valence-corrected chi connectivity index (χ3v) is 3.29. The normalized spacial score (nSPS) is 11.0. The lowest BCUT2D eigenvalue weighted by Crippen LogP contribution is -2.23. The number of nitro groups is 1. The largest absolute Gasteiger partial charge is 0.352 e. The number of rotatable bonds is 4. The van der Waals surface area contributed by atoms with Crippen LogP contribution in [-0.4, -0.2) is 32.0 Å². The smallest absolute Gasteiger partial charge is 0.283 e. The third-order valence-electron chi connectivity index (χ3n) is 2.18. The second-order valence-corrected chi connectivity index (χ2v) is 5.58. The maximum Gasteiger partial charge on any atom is 0.283 e. The molecule has 0 aliphatic carbocycles. The van der Waals surface area contributed by atoms with E-state index in [1.54, 1.807) is 6.92 Å². The minimum atomic E-state index is -3.55. The molecule has 0 radical (unpaired) electrons. The highest BCUT2D eigenvalue weighted by Crippen LogP contribution is 2.22. The molecule has 0 saturated heterocycles. The zero-order valence-corrected chi connectivity index (χ0v) is 10.7. The predicted octanol–water partition coefficient (Wildman–Crippen LogP) is 0.748. The lowest BCUT2D eigenvalue weighted by molar-refractivity contribution is -0.385. The molecule has 0 unspecified atom stereocenters. The van der Waals surface area contributed by atoms with E-state index in [9.17, 15) is 23.3 Å². The molecule has 18 heavy (non-hydrogen) atoms. The van der Waals surface area contributed by atoms with Crippen LogP contribution in [0.4, 0.5) is 5.69 Å². The number of hydrogen-bond acceptors (Lipinski definition) is 5. The van der Waals surface area contributed by atoms with Gasteiger partial charge >= 0.3 is 0 Å². The summed E-state index contributed by atoms with van der Waals surface area (Å²) in [4.78, 5) is 21.4. The third kappa shape index (κ3) is 3.04. The molecule has 1 aromatic rings. The molecule has 0 bridgehead atoms. The summed E-state index contributed by atoms with van der Waals surface area (Å²) in [5.41, 5.74) is -0.682. The topological polar surface area (TPSA) is 106 Å². The van der Waals surface area contributed by atoms with E-state index in [-0.39, 0.29) is 10.5 Å². The van der Waals surface area contributed by atoms with Crippen molar-refractivity contribution in [2.45, 2.75) is 11.8 Å². The summed E-state index contributed by atoms with van der Waals surface area (Å²) in [6.45, 7) is 2.00. The van der Waals surface area contributed by atoms with Gasteiger partial charge in [0.1, 0.15) is 5.56 Å². The summed E-state index contributed by atoms with van der Waals surface area (Å²) < 4.78 is 22.6. The summed E-state index contributed by atoms with van der Waals surface area (Å²) in [5, 5.41) is 13.3. The molecule has 0 aliphatic rings. The number of carbonyl (C=O) groups is 1. The van der Waals surface area contributed by atoms with Gasteiger partial charge in [-0.2, -0.15) is 0 Å². The Kier molecular flexibility index (Phi) is 4.02. The summed E-state index contributed by atoms with van der Waals surface area (Å²) >= 11 is 0. The molecule has 0 spiro atoms. The number of sulfone groups is 1. The molecule has 0 aliphatic heterocycles. The van der Waals surface area contributed by atoms with Gasteiger partial charge in [-0.15, -0.1) is 0 Å². The summed E-state index contributed by atoms with van der Waals surface area (Å²) in [6.07, 6.45) is 0.942. The SMILES string of the molecule is CCNC(=O)c1ccc(S(C)(=O)=O)cc1[N+](=O)[O-]. The average Bonchev–Trinajstić information content (AvgIpc) is 2.27. The fraction of sp³-hybridized carbons (Fsp3) is 0.300. The molecular formula is C10H12N2O5S. The van der Waals surface area contributed by atoms with Crippen LogP contribution in [0.1, 0.15) is 17.3 Å². The first-order chi connectivity index (χ1) is 8.27. The van der Waals surface area contributed by atoms with E-state index >= 15 is 0 Å². The van der Waals surface area contributed by atoms with Gasteiger partial charge in [0.2, 0.25) is 0 Å². The molecular weight excluding hydrogens is 260 g/mol. The van der Waals surface area contributed by atoms with E-state index in [4.69, 9.17) is 0 Å². The van der Waals surface area contributed by atoms with Crippen molar-refractivity contribution >= 4 is 21.4 Å². The number of nitrogens with zero attached hydrogens (tertiary/aromatic N) is 1. The summed E-state index contributed by atoms with van der Waals surface area (Å²) in [5.74, 6) is -0.607. The molecule has 0 heterocycles. The molecule has 0 fully saturated rings. The van der Waals surface area contributed by atoms with Gasteiger partial charge in [0.15, 0.2) is 9.84 Å². The van der Waals surface area contributed by atoms with Gasteiger partial charge in [-0.3, -0.25) is 14.9 Å². The lowest BCUT2D eigenvalue weighted by atomic mass is 10.1. The first kappa shape index (κ1) is 14.1. The summed E-state index contributed by atoms with van der Waals surface area (Å²) in [7, 11) is -3.55. The van der Waals surface area contributed by atoms with Crippen molar-refractivity contribution in [3.63, 3.8) is 0 Å². The second kappa shape index (κ2) is 5.13. The summed E-state index contributed by atoms with van der Waals surface area (Å²) in [6, 6.07) is 3.20. The number of benzene rings is 1. The molecule has 98 valence electrons. The van der Waals surface area contributed by atoms with E-state index in [2.05, 4.69) is 5.32 Å². The fourth-order valence-electron chi connectivity index (χ4n) is 1.34. The molecule has 1 aromatic carbocycles. The number of nitro benzene ring substituents is 1. The minimum Gasteiger partial charge on any atom is -0.352 e. The highest BCUT2D eigenvalue weighted by molar-refractivity contribution is 7.90. The highest BCUT2D eigenvalue weighted by atomic mass is 32.2. The molecule has 8 heteroatoms. The Morgan fingerprint density at radius 3 is 2.50 bits per heavy atom. The predicted molar refractivity (Wildman–Crippen MR) is 64.2 cm³/mol. The molecule has 1 N–H and O–H groups in total. The van der Waals surface area contributed by atoms with Crippen LogP contribution in [0.25, 0.3) is 0 Å². The molecule has 1 amide bonds. The Morgan fingerprint density at radius 1 is 1.44 bits per heavy atom. The van der Waals surface area contributed by atoms with Crippen LogP contribution in [-0.2, 0) is 9.84 Å². The van der Waals surface area contributed by atoms with Crippen LogP contribution < -0.4 is 5.32 Å². The second-order valence-electron chi connectivity index (χ2n) is 3.57. The first-order valence-corrected chi connectivity index (χ1v) is 6.93. The Bertz CT molecular complexity index is 594. The van der Waals surface area contributed by atoms with E-state index < -0.39 is 26.4 Å². The fourth-order valence-corrected chi connectivity index (χ4v) is 1.98. The van der Waals surface area contributed by atoms with Crippen molar-refractivity contribution in [3.05, 3.63) is 33.9 Å². The van der Waals surface area contributed by atoms with E-state index in [1.807, 2.05) is 0 Å². The number of amides is 1. The Balaban J connectivity index is 3.39. The van der Waals surface area contributed by atoms with Crippen LogP contribution in [0.5, 0.6) is 0 Å². The zero-order chi connectivity index (χ0) is 13.9. The monoisotopic (exact) mass is 272 g/mol. The van der Waals surface area contributed by atoms with Crippen molar-refractivity contribution < 1.29 is 18.1 Å². The van der Waals surface area contributed by atoms with Gasteiger partial charge in [0, 0.05) is 18.9 Å². The van der Waals surface area contributed by atoms with Crippen LogP contribution in [0, 0.1) is 10.1 Å². The number of carbonyl (C=O) groups excluding carboxylic acids is 1. The number of hydrogen-bond donors (Lipinski definition) is 1. The van der Waals surface area contributed by atoms with Gasteiger partial charge in [0.05, 0.1) is 9.82 Å². The van der Waals surface area contributed by atoms with Crippen LogP contribution in [0.2, 0.25) is 0 Å². The van der Waals surface area contributed by atoms with Crippen LogP contribution >= 0.6 is 0 Å². The molecule has 1 rings (SSSR count). The first-order valence-electron chi connectivity index (χ1n) is 5.04. The van der Waals surface area contributed by atoms with E-state index in [0.29, 0.717) is 6.54 Å². The molecule has 7 nitrogen and oxygen atoms in total. The quantitative estimate of drug-likeness (QED) is 0.643. The highest BCUT2D eigenvalue weighted by Gasteiger charge is 2.22. The van der Waals surface area contributed by atoms with Crippen molar-refractivity contribution in [2.75, 3.05) is 12.8 Å². The Morgan fingerprint density at radius 2 is 2.06 bits per heavy atom. The van der Waals surface area contributed by atoms with Gasteiger partial charge in [-0.1, -0.05) is 0 Å². The average molecular weight is 272 g/mol. The van der Waals surface area contributed by atoms with Gasteiger partial charge in [-0.25, -0.2) is 8.42 Å². The maximum absolute atomic E-state index is 11.6.